The quantitative estimate of drug-likeness (QED) is 0.724. The first kappa shape index (κ1) is 16.3. The lowest BCUT2D eigenvalue weighted by atomic mass is 9.96. The number of hydrogen-bond acceptors (Lipinski definition) is 4. The summed E-state index contributed by atoms with van der Waals surface area (Å²) in [5.41, 5.74) is 1.16. The van der Waals surface area contributed by atoms with Gasteiger partial charge in [0, 0.05) is 16.9 Å². The van der Waals surface area contributed by atoms with Crippen LogP contribution < -0.4 is 10.4 Å². The van der Waals surface area contributed by atoms with Gasteiger partial charge in [0.2, 0.25) is 0 Å². The molecule has 0 saturated carbocycles. The normalized spacial score (nSPS) is 11.6. The predicted molar refractivity (Wildman–Crippen MR) is 94.3 cm³/mol. The van der Waals surface area contributed by atoms with Gasteiger partial charge in [-0.15, -0.1) is 0 Å². The molecule has 0 aliphatic heterocycles. The Bertz CT molecular complexity index is 894. The summed E-state index contributed by atoms with van der Waals surface area (Å²) in [6, 6.07) is 16.7. The van der Waals surface area contributed by atoms with Crippen LogP contribution in [0.2, 0.25) is 0 Å². The molecule has 0 amide bonds. The molecule has 0 spiro atoms. The molecular weight excluding hydrogens is 304 g/mol. The van der Waals surface area contributed by atoms with Crippen molar-refractivity contribution in [2.45, 2.75) is 13.8 Å². The van der Waals surface area contributed by atoms with E-state index in [0.29, 0.717) is 23.5 Å². The van der Waals surface area contributed by atoms with E-state index in [0.717, 1.165) is 10.9 Å². The van der Waals surface area contributed by atoms with Gasteiger partial charge in [-0.1, -0.05) is 44.2 Å². The lowest BCUT2D eigenvalue weighted by molar-refractivity contribution is 0.0976. The highest BCUT2D eigenvalue weighted by molar-refractivity contribution is 5.82. The summed E-state index contributed by atoms with van der Waals surface area (Å²) >= 11 is 0. The number of aliphatic hydroxyl groups is 1. The van der Waals surface area contributed by atoms with Crippen LogP contribution in [0.1, 0.15) is 13.8 Å². The molecule has 3 aromatic rings. The van der Waals surface area contributed by atoms with Crippen molar-refractivity contribution < 1.29 is 14.3 Å². The van der Waals surface area contributed by atoms with Gasteiger partial charge < -0.3 is 14.3 Å². The molecule has 3 rings (SSSR count). The van der Waals surface area contributed by atoms with E-state index >= 15 is 0 Å². The van der Waals surface area contributed by atoms with Gasteiger partial charge in [-0.25, -0.2) is 4.79 Å². The van der Waals surface area contributed by atoms with Gasteiger partial charge in [0.1, 0.15) is 11.3 Å². The first-order valence-electron chi connectivity index (χ1n) is 7.85. The standard InChI is InChI=1S/C20H20O4/c1-20(2,12-21)13-23-16-9-8-15-10-17(14-6-4-3-5-7-14)19(22)24-18(15)11-16/h3-11,21H,12-13H2,1-2H3. The molecule has 4 heteroatoms. The number of rotatable bonds is 5. The molecule has 0 unspecified atom stereocenters. The van der Waals surface area contributed by atoms with Gasteiger partial charge in [0.05, 0.1) is 18.8 Å². The van der Waals surface area contributed by atoms with E-state index < -0.39 is 0 Å². The topological polar surface area (TPSA) is 59.7 Å². The van der Waals surface area contributed by atoms with Crippen LogP contribution in [0.4, 0.5) is 0 Å². The number of aliphatic hydroxyl groups excluding tert-OH is 1. The maximum atomic E-state index is 12.3. The fraction of sp³-hybridized carbons (Fsp3) is 0.250. The minimum absolute atomic E-state index is 0.0378. The summed E-state index contributed by atoms with van der Waals surface area (Å²) < 4.78 is 11.2. The summed E-state index contributed by atoms with van der Waals surface area (Å²) in [6.07, 6.45) is 0. The molecule has 24 heavy (non-hydrogen) atoms. The molecule has 0 bridgehead atoms. The molecule has 0 atom stereocenters. The van der Waals surface area contributed by atoms with E-state index in [1.165, 1.54) is 0 Å². The Labute approximate surface area is 140 Å². The average Bonchev–Trinajstić information content (AvgIpc) is 2.60. The van der Waals surface area contributed by atoms with Crippen molar-refractivity contribution in [2.75, 3.05) is 13.2 Å². The molecule has 124 valence electrons. The van der Waals surface area contributed by atoms with Crippen LogP contribution in [0.5, 0.6) is 5.75 Å². The van der Waals surface area contributed by atoms with E-state index in [1.54, 1.807) is 6.07 Å². The second-order valence-corrected chi connectivity index (χ2v) is 6.62. The minimum Gasteiger partial charge on any atom is -0.493 e. The monoisotopic (exact) mass is 324 g/mol. The zero-order valence-electron chi connectivity index (χ0n) is 13.8. The molecule has 0 fully saturated rings. The van der Waals surface area contributed by atoms with Gasteiger partial charge in [0.25, 0.3) is 0 Å². The Morgan fingerprint density at radius 2 is 1.83 bits per heavy atom. The summed E-state index contributed by atoms with van der Waals surface area (Å²) in [5, 5.41) is 10.1. The fourth-order valence-electron chi connectivity index (χ4n) is 2.32. The number of ether oxygens (including phenoxy) is 1. The van der Waals surface area contributed by atoms with Crippen molar-refractivity contribution in [3.63, 3.8) is 0 Å². The second-order valence-electron chi connectivity index (χ2n) is 6.62. The third-order valence-corrected chi connectivity index (χ3v) is 3.85. The van der Waals surface area contributed by atoms with Crippen molar-refractivity contribution in [3.05, 3.63) is 65.0 Å². The lowest BCUT2D eigenvalue weighted by Gasteiger charge is -2.21. The van der Waals surface area contributed by atoms with Crippen molar-refractivity contribution in [1.29, 1.82) is 0 Å². The molecule has 2 aromatic carbocycles. The zero-order valence-corrected chi connectivity index (χ0v) is 13.8. The van der Waals surface area contributed by atoms with Gasteiger partial charge >= 0.3 is 5.63 Å². The van der Waals surface area contributed by atoms with Gasteiger partial charge in [-0.05, 0) is 23.8 Å². The van der Waals surface area contributed by atoms with Gasteiger partial charge in [0.15, 0.2) is 0 Å². The number of hydrogen-bond donors (Lipinski definition) is 1. The molecule has 4 nitrogen and oxygen atoms in total. The van der Waals surface area contributed by atoms with E-state index in [1.807, 2.05) is 62.4 Å². The largest absolute Gasteiger partial charge is 0.493 e. The molecular formula is C20H20O4. The third kappa shape index (κ3) is 3.49. The molecule has 0 radical (unpaired) electrons. The van der Waals surface area contributed by atoms with Crippen LogP contribution in [-0.2, 0) is 0 Å². The van der Waals surface area contributed by atoms with E-state index in [9.17, 15) is 9.90 Å². The van der Waals surface area contributed by atoms with Crippen LogP contribution in [0.3, 0.4) is 0 Å². The van der Waals surface area contributed by atoms with Crippen LogP contribution in [-0.4, -0.2) is 18.3 Å². The Morgan fingerprint density at radius 3 is 2.54 bits per heavy atom. The van der Waals surface area contributed by atoms with Crippen LogP contribution >= 0.6 is 0 Å². The Kier molecular flexibility index (Phi) is 4.40. The van der Waals surface area contributed by atoms with Gasteiger partial charge in [-0.2, -0.15) is 0 Å². The fourth-order valence-corrected chi connectivity index (χ4v) is 2.32. The first-order chi connectivity index (χ1) is 11.5. The Hall–Kier alpha value is -2.59. The SMILES string of the molecule is CC(C)(CO)COc1ccc2cc(-c3ccccc3)c(=O)oc2c1. The predicted octanol–water partition coefficient (Wildman–Crippen LogP) is 3.86. The smallest absolute Gasteiger partial charge is 0.344 e. The van der Waals surface area contributed by atoms with Crippen molar-refractivity contribution >= 4 is 11.0 Å². The first-order valence-corrected chi connectivity index (χ1v) is 7.85. The lowest BCUT2D eigenvalue weighted by Crippen LogP contribution is -2.25. The van der Waals surface area contributed by atoms with Crippen molar-refractivity contribution in [3.8, 4) is 16.9 Å². The van der Waals surface area contributed by atoms with Crippen LogP contribution in [0, 0.1) is 5.41 Å². The molecule has 0 aliphatic rings. The number of benzene rings is 2. The highest BCUT2D eigenvalue weighted by Gasteiger charge is 2.17. The molecule has 1 N–H and O–H groups in total. The van der Waals surface area contributed by atoms with Crippen LogP contribution in [0.15, 0.2) is 63.8 Å². The second kappa shape index (κ2) is 6.49. The van der Waals surface area contributed by atoms with Crippen molar-refractivity contribution in [1.82, 2.24) is 0 Å². The third-order valence-electron chi connectivity index (χ3n) is 3.85. The summed E-state index contributed by atoms with van der Waals surface area (Å²) in [4.78, 5) is 12.3. The van der Waals surface area contributed by atoms with Crippen LogP contribution in [0.25, 0.3) is 22.1 Å². The van der Waals surface area contributed by atoms with E-state index in [2.05, 4.69) is 0 Å². The summed E-state index contributed by atoms with van der Waals surface area (Å²) in [7, 11) is 0. The van der Waals surface area contributed by atoms with E-state index in [-0.39, 0.29) is 17.6 Å². The molecule has 0 aliphatic carbocycles. The maximum absolute atomic E-state index is 12.3. The average molecular weight is 324 g/mol. The maximum Gasteiger partial charge on any atom is 0.344 e. The van der Waals surface area contributed by atoms with Crippen molar-refractivity contribution in [2.24, 2.45) is 5.41 Å². The minimum atomic E-state index is -0.374. The highest BCUT2D eigenvalue weighted by atomic mass is 16.5. The molecule has 0 saturated heterocycles. The molecule has 1 aromatic heterocycles. The Balaban J connectivity index is 1.93. The summed E-state index contributed by atoms with van der Waals surface area (Å²) in [6.45, 7) is 4.25. The molecule has 1 heterocycles. The highest BCUT2D eigenvalue weighted by Crippen LogP contribution is 2.25. The summed E-state index contributed by atoms with van der Waals surface area (Å²) in [5.74, 6) is 0.611. The zero-order chi connectivity index (χ0) is 17.2. The van der Waals surface area contributed by atoms with Gasteiger partial charge in [-0.3, -0.25) is 0 Å². The Morgan fingerprint density at radius 1 is 1.08 bits per heavy atom. The van der Waals surface area contributed by atoms with E-state index in [4.69, 9.17) is 9.15 Å². The number of fused-ring (bicyclic) bond motifs is 1.